The van der Waals surface area contributed by atoms with Crippen LogP contribution in [0.1, 0.15) is 29.8 Å². The van der Waals surface area contributed by atoms with E-state index in [0.717, 1.165) is 16.9 Å². The first kappa shape index (κ1) is 20.3. The number of ether oxygens (including phenoxy) is 1. The Hall–Kier alpha value is -3.41. The first-order chi connectivity index (χ1) is 13.8. The lowest BCUT2D eigenvalue weighted by Gasteiger charge is -2.23. The zero-order valence-corrected chi connectivity index (χ0v) is 16.8. The van der Waals surface area contributed by atoms with Gasteiger partial charge >= 0.3 is 5.97 Å². The predicted octanol–water partition coefficient (Wildman–Crippen LogP) is 2.84. The average molecular weight is 392 g/mol. The zero-order valence-electron chi connectivity index (χ0n) is 16.8. The van der Waals surface area contributed by atoms with E-state index >= 15 is 0 Å². The first-order valence-electron chi connectivity index (χ1n) is 9.38. The lowest BCUT2D eigenvalue weighted by atomic mass is 9.83. The zero-order chi connectivity index (χ0) is 21.0. The number of hydrogen-bond acceptors (Lipinski definition) is 5. The van der Waals surface area contributed by atoms with Crippen molar-refractivity contribution < 1.29 is 19.1 Å². The third-order valence-corrected chi connectivity index (χ3v) is 5.04. The number of allylic oxidation sites excluding steroid dienone is 1. The fourth-order valence-corrected chi connectivity index (χ4v) is 3.50. The van der Waals surface area contributed by atoms with Gasteiger partial charge in [0.05, 0.1) is 0 Å². The van der Waals surface area contributed by atoms with Gasteiger partial charge in [-0.1, -0.05) is 50.2 Å². The molecule has 6 nitrogen and oxygen atoms in total. The maximum absolute atomic E-state index is 12.4. The molecule has 0 unspecified atom stereocenters. The molecule has 0 fully saturated rings. The van der Waals surface area contributed by atoms with Gasteiger partial charge in [-0.3, -0.25) is 14.4 Å². The molecule has 150 valence electrons. The summed E-state index contributed by atoms with van der Waals surface area (Å²) in [5, 5.41) is 2.48. The van der Waals surface area contributed by atoms with Crippen LogP contribution in [0.25, 0.3) is 0 Å². The summed E-state index contributed by atoms with van der Waals surface area (Å²) in [7, 11) is 1.91. The van der Waals surface area contributed by atoms with Crippen LogP contribution in [-0.2, 0) is 19.7 Å². The number of fused-ring (bicyclic) bond motifs is 1. The fraction of sp³-hybridized carbons (Fsp3) is 0.261. The minimum atomic E-state index is -0.664. The first-order valence-corrected chi connectivity index (χ1v) is 9.38. The van der Waals surface area contributed by atoms with Crippen LogP contribution in [0.2, 0.25) is 0 Å². The Morgan fingerprint density at radius 2 is 1.69 bits per heavy atom. The predicted molar refractivity (Wildman–Crippen MR) is 111 cm³/mol. The largest absolute Gasteiger partial charge is 0.456 e. The quantitative estimate of drug-likeness (QED) is 0.604. The number of benzene rings is 2. The fourth-order valence-electron chi connectivity index (χ4n) is 3.50. The topological polar surface area (TPSA) is 75.7 Å². The molecular weight excluding hydrogens is 368 g/mol. The highest BCUT2D eigenvalue weighted by molar-refractivity contribution is 5.97. The van der Waals surface area contributed by atoms with E-state index in [1.54, 1.807) is 30.3 Å². The number of likely N-dealkylation sites (N-methyl/N-ethyl adjacent to an activating group) is 1. The van der Waals surface area contributed by atoms with E-state index in [2.05, 4.69) is 19.2 Å². The monoisotopic (exact) mass is 392 g/mol. The van der Waals surface area contributed by atoms with Crippen molar-refractivity contribution in [2.24, 2.45) is 0 Å². The van der Waals surface area contributed by atoms with Crippen LogP contribution in [-0.4, -0.2) is 37.9 Å². The normalized spacial score (nSPS) is 15.7. The molecule has 1 heterocycles. The number of nitrogens with one attached hydrogen (secondary N) is 1. The third-order valence-electron chi connectivity index (χ3n) is 5.04. The molecule has 2 aromatic carbocycles. The van der Waals surface area contributed by atoms with Crippen LogP contribution in [0.15, 0.2) is 66.4 Å². The molecule has 2 aromatic rings. The maximum atomic E-state index is 12.4. The van der Waals surface area contributed by atoms with E-state index in [9.17, 15) is 14.4 Å². The molecule has 6 heteroatoms. The van der Waals surface area contributed by atoms with E-state index in [1.807, 2.05) is 36.2 Å². The Balaban J connectivity index is 1.55. The van der Waals surface area contributed by atoms with E-state index in [4.69, 9.17) is 4.74 Å². The highest BCUT2D eigenvalue weighted by Crippen LogP contribution is 2.46. The molecule has 0 aromatic heterocycles. The number of anilines is 1. The molecule has 1 N–H and O–H groups in total. The molecular formula is C23H24N2O4. The summed E-state index contributed by atoms with van der Waals surface area (Å²) in [5.74, 6) is -1.35. The Labute approximate surface area is 170 Å². The van der Waals surface area contributed by atoms with Crippen molar-refractivity contribution in [1.82, 2.24) is 5.32 Å². The minimum absolute atomic E-state index is 0.297. The molecule has 0 radical (unpaired) electrons. The van der Waals surface area contributed by atoms with Gasteiger partial charge < -0.3 is 15.0 Å². The summed E-state index contributed by atoms with van der Waals surface area (Å²) in [6, 6.07) is 16.6. The summed E-state index contributed by atoms with van der Waals surface area (Å²) in [6.07, 6.45) is 1.52. The number of rotatable bonds is 6. The molecule has 0 spiro atoms. The SMILES string of the molecule is CN1/C(=C/C(=O)COC(=O)CNC(=O)c2ccccc2)C(C)(C)c2ccccc21. The number of amides is 1. The highest BCUT2D eigenvalue weighted by Gasteiger charge is 2.38. The summed E-state index contributed by atoms with van der Waals surface area (Å²) >= 11 is 0. The molecule has 1 aliphatic heterocycles. The summed E-state index contributed by atoms with van der Waals surface area (Å²) < 4.78 is 5.01. The molecule has 29 heavy (non-hydrogen) atoms. The number of esters is 1. The number of carbonyl (C=O) groups is 3. The standard InChI is InChI=1S/C23H24N2O4/c1-23(2)18-11-7-8-12-19(18)25(3)20(23)13-17(26)15-29-21(27)14-24-22(28)16-9-5-4-6-10-16/h4-13H,14-15H2,1-3H3,(H,24,28)/b20-13+. The molecule has 0 aliphatic carbocycles. The van der Waals surface area contributed by atoms with Crippen molar-refractivity contribution in [3.63, 3.8) is 0 Å². The van der Waals surface area contributed by atoms with Gasteiger partial charge in [-0.25, -0.2) is 0 Å². The van der Waals surface area contributed by atoms with E-state index in [1.165, 1.54) is 6.08 Å². The summed E-state index contributed by atoms with van der Waals surface area (Å²) in [4.78, 5) is 38.2. The second kappa shape index (κ2) is 8.31. The van der Waals surface area contributed by atoms with E-state index < -0.39 is 5.97 Å². The van der Waals surface area contributed by atoms with Gasteiger partial charge in [0.15, 0.2) is 12.4 Å². The molecule has 1 amide bonds. The second-order valence-corrected chi connectivity index (χ2v) is 7.41. The van der Waals surface area contributed by atoms with Gasteiger partial charge in [-0.05, 0) is 23.8 Å². The lowest BCUT2D eigenvalue weighted by Crippen LogP contribution is -2.31. The van der Waals surface area contributed by atoms with Crippen LogP contribution in [0.5, 0.6) is 0 Å². The van der Waals surface area contributed by atoms with Crippen molar-refractivity contribution in [3.8, 4) is 0 Å². The number of nitrogens with zero attached hydrogens (tertiary/aromatic N) is 1. The van der Waals surface area contributed by atoms with Crippen LogP contribution >= 0.6 is 0 Å². The van der Waals surface area contributed by atoms with E-state index in [-0.39, 0.29) is 30.3 Å². The van der Waals surface area contributed by atoms with Gasteiger partial charge in [0.2, 0.25) is 0 Å². The van der Waals surface area contributed by atoms with Crippen molar-refractivity contribution >= 4 is 23.3 Å². The van der Waals surface area contributed by atoms with Crippen molar-refractivity contribution in [1.29, 1.82) is 0 Å². The number of para-hydroxylation sites is 1. The Kier molecular flexibility index (Phi) is 5.82. The second-order valence-electron chi connectivity index (χ2n) is 7.41. The van der Waals surface area contributed by atoms with Crippen molar-refractivity contribution in [3.05, 3.63) is 77.5 Å². The average Bonchev–Trinajstić information content (AvgIpc) is 2.92. The van der Waals surface area contributed by atoms with Crippen LogP contribution < -0.4 is 10.2 Å². The summed E-state index contributed by atoms with van der Waals surface area (Å²) in [6.45, 7) is 3.44. The minimum Gasteiger partial charge on any atom is -0.456 e. The summed E-state index contributed by atoms with van der Waals surface area (Å²) in [5.41, 5.74) is 3.16. The maximum Gasteiger partial charge on any atom is 0.325 e. The van der Waals surface area contributed by atoms with Crippen LogP contribution in [0, 0.1) is 0 Å². The number of ketones is 1. The molecule has 1 aliphatic rings. The Bertz CT molecular complexity index is 964. The molecule has 0 saturated heterocycles. The van der Waals surface area contributed by atoms with Crippen molar-refractivity contribution in [2.75, 3.05) is 25.1 Å². The van der Waals surface area contributed by atoms with E-state index in [0.29, 0.717) is 5.56 Å². The van der Waals surface area contributed by atoms with Gasteiger partial charge in [0.1, 0.15) is 6.54 Å². The molecule has 3 rings (SSSR count). The smallest absolute Gasteiger partial charge is 0.325 e. The van der Waals surface area contributed by atoms with Crippen LogP contribution in [0.4, 0.5) is 5.69 Å². The molecule has 0 bridgehead atoms. The van der Waals surface area contributed by atoms with Crippen molar-refractivity contribution in [2.45, 2.75) is 19.3 Å². The van der Waals surface area contributed by atoms with Gasteiger partial charge in [0, 0.05) is 35.5 Å². The number of hydrogen-bond donors (Lipinski definition) is 1. The Morgan fingerprint density at radius 3 is 2.38 bits per heavy atom. The lowest BCUT2D eigenvalue weighted by molar-refractivity contribution is -0.145. The molecule has 0 atom stereocenters. The molecule has 0 saturated carbocycles. The van der Waals surface area contributed by atoms with Gasteiger partial charge in [0.25, 0.3) is 5.91 Å². The van der Waals surface area contributed by atoms with Gasteiger partial charge in [-0.15, -0.1) is 0 Å². The third kappa shape index (κ3) is 4.37. The number of carbonyl (C=O) groups excluding carboxylic acids is 3. The van der Waals surface area contributed by atoms with Gasteiger partial charge in [-0.2, -0.15) is 0 Å². The van der Waals surface area contributed by atoms with Crippen LogP contribution in [0.3, 0.4) is 0 Å². The highest BCUT2D eigenvalue weighted by atomic mass is 16.5. The Morgan fingerprint density at radius 1 is 1.03 bits per heavy atom.